The number of anilines is 4. The Hall–Kier alpha value is -4.49. The van der Waals surface area contributed by atoms with Gasteiger partial charge in [-0.2, -0.15) is 0 Å². The van der Waals surface area contributed by atoms with E-state index in [1.165, 1.54) is 0 Å². The molecule has 3 N–H and O–H groups in total. The minimum absolute atomic E-state index is 0.0104. The third-order valence-electron chi connectivity index (χ3n) is 8.50. The van der Waals surface area contributed by atoms with Gasteiger partial charge in [0, 0.05) is 64.6 Å². The van der Waals surface area contributed by atoms with Gasteiger partial charge in [0.1, 0.15) is 23.8 Å². The molecule has 0 saturated carbocycles. The lowest BCUT2D eigenvalue weighted by Crippen LogP contribution is -2.59. The molecule has 5 heterocycles. The third kappa shape index (κ3) is 5.97. The first-order valence-electron chi connectivity index (χ1n) is 15.2. The molecule has 0 aliphatic carbocycles. The smallest absolute Gasteiger partial charge is 0.410 e. The second-order valence-corrected chi connectivity index (χ2v) is 12.8. The molecule has 4 aliphatic heterocycles. The summed E-state index contributed by atoms with van der Waals surface area (Å²) in [5.41, 5.74) is 6.77. The van der Waals surface area contributed by atoms with Gasteiger partial charge in [0.05, 0.1) is 24.0 Å². The molecule has 4 amide bonds. The van der Waals surface area contributed by atoms with Crippen molar-refractivity contribution in [1.29, 1.82) is 0 Å². The zero-order valence-corrected chi connectivity index (χ0v) is 25.8. The zero-order chi connectivity index (χ0) is 31.2. The number of benzene rings is 1. The Morgan fingerprint density at radius 3 is 2.59 bits per heavy atom. The molecular formula is C30H41N9O5. The van der Waals surface area contributed by atoms with E-state index in [9.17, 15) is 14.4 Å². The molecule has 0 unspecified atom stereocenters. The number of primary amides is 1. The molecule has 1 aromatic carbocycles. The summed E-state index contributed by atoms with van der Waals surface area (Å²) in [6, 6.07) is 5.89. The maximum atomic E-state index is 12.6. The molecule has 14 nitrogen and oxygen atoms in total. The van der Waals surface area contributed by atoms with Crippen molar-refractivity contribution in [2.24, 2.45) is 5.73 Å². The predicted octanol–water partition coefficient (Wildman–Crippen LogP) is 2.47. The number of carbonyl (C=O) groups excluding carboxylic acids is 3. The number of piperazine rings is 1. The van der Waals surface area contributed by atoms with Crippen LogP contribution in [0.5, 0.6) is 5.75 Å². The van der Waals surface area contributed by atoms with Gasteiger partial charge in [-0.1, -0.05) is 0 Å². The number of hydrogen-bond acceptors (Lipinski definition) is 10. The molecule has 4 aliphatic rings. The fraction of sp³-hybridized carbons (Fsp3) is 0.567. The lowest BCUT2D eigenvalue weighted by Gasteiger charge is -2.45. The second-order valence-electron chi connectivity index (χ2n) is 12.8. The van der Waals surface area contributed by atoms with E-state index in [1.807, 2.05) is 50.9 Å². The Morgan fingerprint density at radius 2 is 1.86 bits per heavy atom. The number of piperidine rings is 1. The molecule has 0 bridgehead atoms. The molecule has 3 saturated heterocycles. The van der Waals surface area contributed by atoms with E-state index >= 15 is 0 Å². The number of carbonyl (C=O) groups is 3. The Kier molecular flexibility index (Phi) is 7.76. The first-order chi connectivity index (χ1) is 21.0. The van der Waals surface area contributed by atoms with Crippen LogP contribution in [0.1, 0.15) is 44.1 Å². The largest absolute Gasteiger partial charge is 0.489 e. The maximum absolute atomic E-state index is 12.6. The monoisotopic (exact) mass is 607 g/mol. The summed E-state index contributed by atoms with van der Waals surface area (Å²) in [4.78, 5) is 56.4. The van der Waals surface area contributed by atoms with E-state index in [0.29, 0.717) is 56.6 Å². The molecule has 1 aromatic heterocycles. The minimum atomic E-state index is -0.686. The summed E-state index contributed by atoms with van der Waals surface area (Å²) in [6.45, 7) is 10.6. The highest BCUT2D eigenvalue weighted by Crippen LogP contribution is 2.38. The standard InChI is InChI=1S/C30H41N9O5/c1-30(2,3)44-29(42)37-11-13-38-21(17-37)18-43-23-14-19(7-8-22(23)38)33-27-25(26(31)40)32-15-24(34-27)36-9-5-6-20(16-36)39-12-10-35(4)28(39)41/h7-8,14-15,20-21H,5-6,9-13,16-18H2,1-4H3,(H2,31,40)(H,33,34)/t20-,21-/m1/s1. The number of nitrogens with zero attached hydrogens (tertiary/aromatic N) is 7. The highest BCUT2D eigenvalue weighted by molar-refractivity contribution is 5.96. The van der Waals surface area contributed by atoms with Crippen molar-refractivity contribution in [3.8, 4) is 5.75 Å². The first kappa shape index (κ1) is 29.6. The summed E-state index contributed by atoms with van der Waals surface area (Å²) < 4.78 is 11.7. The van der Waals surface area contributed by atoms with Crippen molar-refractivity contribution in [3.05, 3.63) is 30.1 Å². The summed E-state index contributed by atoms with van der Waals surface area (Å²) >= 11 is 0. The Bertz CT molecular complexity index is 1450. The molecule has 0 spiro atoms. The van der Waals surface area contributed by atoms with Gasteiger partial charge in [0.15, 0.2) is 11.5 Å². The number of likely N-dealkylation sites (N-methyl/N-ethyl adjacent to an activating group) is 1. The molecule has 3 fully saturated rings. The van der Waals surface area contributed by atoms with Crippen LogP contribution in [0.15, 0.2) is 24.4 Å². The number of aromatic nitrogens is 2. The van der Waals surface area contributed by atoms with Gasteiger partial charge in [0.2, 0.25) is 0 Å². The minimum Gasteiger partial charge on any atom is -0.489 e. The van der Waals surface area contributed by atoms with Gasteiger partial charge < -0.3 is 45.0 Å². The molecular weight excluding hydrogens is 566 g/mol. The van der Waals surface area contributed by atoms with Crippen molar-refractivity contribution in [3.63, 3.8) is 0 Å². The van der Waals surface area contributed by atoms with Crippen LogP contribution in [0.2, 0.25) is 0 Å². The van der Waals surface area contributed by atoms with Crippen LogP contribution in [0.25, 0.3) is 0 Å². The highest BCUT2D eigenvalue weighted by atomic mass is 16.6. The average molecular weight is 608 g/mol. The van der Waals surface area contributed by atoms with Gasteiger partial charge in [0.25, 0.3) is 5.91 Å². The summed E-state index contributed by atoms with van der Waals surface area (Å²) in [7, 11) is 1.83. The Morgan fingerprint density at radius 1 is 1.07 bits per heavy atom. The van der Waals surface area contributed by atoms with Crippen LogP contribution in [0.4, 0.5) is 32.6 Å². The van der Waals surface area contributed by atoms with Crippen molar-refractivity contribution >= 4 is 41.0 Å². The molecule has 236 valence electrons. The van der Waals surface area contributed by atoms with Crippen molar-refractivity contribution in [2.75, 3.05) is 74.6 Å². The van der Waals surface area contributed by atoms with Gasteiger partial charge in [-0.25, -0.2) is 19.6 Å². The van der Waals surface area contributed by atoms with Crippen LogP contribution >= 0.6 is 0 Å². The fourth-order valence-corrected chi connectivity index (χ4v) is 6.30. The predicted molar refractivity (Wildman–Crippen MR) is 165 cm³/mol. The summed E-state index contributed by atoms with van der Waals surface area (Å²) in [6.07, 6.45) is 3.10. The van der Waals surface area contributed by atoms with Gasteiger partial charge in [-0.3, -0.25) is 4.79 Å². The van der Waals surface area contributed by atoms with Gasteiger partial charge in [-0.05, 0) is 45.7 Å². The lowest BCUT2D eigenvalue weighted by molar-refractivity contribution is 0.0194. The number of amides is 4. The van der Waals surface area contributed by atoms with Gasteiger partial charge in [-0.15, -0.1) is 0 Å². The van der Waals surface area contributed by atoms with Crippen molar-refractivity contribution in [1.82, 2.24) is 24.7 Å². The van der Waals surface area contributed by atoms with Crippen molar-refractivity contribution < 1.29 is 23.9 Å². The molecule has 14 heteroatoms. The van der Waals surface area contributed by atoms with E-state index in [-0.39, 0.29) is 35.7 Å². The van der Waals surface area contributed by atoms with Crippen molar-refractivity contribution in [2.45, 2.75) is 51.3 Å². The second kappa shape index (κ2) is 11.5. The topological polar surface area (TPSA) is 150 Å². The molecule has 2 atom stereocenters. The number of hydrogen-bond donors (Lipinski definition) is 2. The summed E-state index contributed by atoms with van der Waals surface area (Å²) in [5.74, 6) is 0.880. The first-order valence-corrected chi connectivity index (χ1v) is 15.2. The SMILES string of the molecule is CN1CCN([C@@H]2CCCN(c3cnc(C(N)=O)c(Nc4ccc5c(c4)OC[C@H]4CN(C(=O)OC(C)(C)C)CCN54)n3)C2)C1=O. The van der Waals surface area contributed by atoms with E-state index in [1.54, 1.807) is 16.0 Å². The zero-order valence-electron chi connectivity index (χ0n) is 25.8. The van der Waals surface area contributed by atoms with E-state index in [2.05, 4.69) is 20.1 Å². The number of nitrogens with two attached hydrogens (primary N) is 1. The number of rotatable bonds is 5. The van der Waals surface area contributed by atoms with E-state index in [0.717, 1.165) is 31.6 Å². The molecule has 0 radical (unpaired) electrons. The number of fused-ring (bicyclic) bond motifs is 3. The van der Waals surface area contributed by atoms with Crippen LogP contribution in [-0.4, -0.2) is 120 Å². The Balaban J connectivity index is 1.17. The number of nitrogens with one attached hydrogen (secondary N) is 1. The normalized spacial score (nSPS) is 21.9. The van der Waals surface area contributed by atoms with E-state index < -0.39 is 11.5 Å². The maximum Gasteiger partial charge on any atom is 0.410 e. The van der Waals surface area contributed by atoms with Crippen LogP contribution in [0.3, 0.4) is 0 Å². The summed E-state index contributed by atoms with van der Waals surface area (Å²) in [5, 5.41) is 3.24. The number of ether oxygens (including phenoxy) is 2. The fourth-order valence-electron chi connectivity index (χ4n) is 6.30. The van der Waals surface area contributed by atoms with Crippen LogP contribution < -0.4 is 25.6 Å². The molecule has 2 aromatic rings. The third-order valence-corrected chi connectivity index (χ3v) is 8.50. The van der Waals surface area contributed by atoms with Gasteiger partial charge >= 0.3 is 12.1 Å². The highest BCUT2D eigenvalue weighted by Gasteiger charge is 2.37. The van der Waals surface area contributed by atoms with E-state index in [4.69, 9.17) is 20.2 Å². The van der Waals surface area contributed by atoms with Crippen LogP contribution in [-0.2, 0) is 4.74 Å². The number of urea groups is 1. The molecule has 44 heavy (non-hydrogen) atoms. The Labute approximate surface area is 257 Å². The molecule has 6 rings (SSSR count). The lowest BCUT2D eigenvalue weighted by atomic mass is 10.0. The quantitative estimate of drug-likeness (QED) is 0.519. The average Bonchev–Trinajstić information content (AvgIpc) is 3.33. The van der Waals surface area contributed by atoms with Crippen LogP contribution in [0, 0.1) is 0 Å².